The van der Waals surface area contributed by atoms with Crippen LogP contribution in [0.5, 0.6) is 0 Å². The summed E-state index contributed by atoms with van der Waals surface area (Å²) in [6, 6.07) is -0.144. The van der Waals surface area contributed by atoms with Gasteiger partial charge in [-0.1, -0.05) is 6.92 Å². The molecular weight excluding hydrogens is 278 g/mol. The topological polar surface area (TPSA) is 45.7 Å². The summed E-state index contributed by atoms with van der Waals surface area (Å²) in [5, 5.41) is 1.88. The molecule has 22 heavy (non-hydrogen) atoms. The van der Waals surface area contributed by atoms with Gasteiger partial charge in [0.05, 0.1) is 13.7 Å². The minimum absolute atomic E-state index is 0.144. The van der Waals surface area contributed by atoms with Crippen LogP contribution in [-0.4, -0.2) is 48.6 Å². The van der Waals surface area contributed by atoms with E-state index >= 15 is 0 Å². The Balaban J connectivity index is 2.07. The number of anilines is 1. The van der Waals surface area contributed by atoms with E-state index in [0.717, 1.165) is 25.3 Å². The monoisotopic (exact) mass is 303 g/mol. The molecule has 1 fully saturated rings. The Morgan fingerprint density at radius 1 is 1.32 bits per heavy atom. The molecule has 0 aromatic carbocycles. The number of carbonyl (C=O) groups is 1. The van der Waals surface area contributed by atoms with Gasteiger partial charge in [0.15, 0.2) is 5.78 Å². The van der Waals surface area contributed by atoms with Crippen molar-refractivity contribution < 1.29 is 9.63 Å². The number of fused-ring (bicyclic) bond motifs is 3. The first-order valence-corrected chi connectivity index (χ1v) is 8.07. The SMILES string of the molecule is CON1CCN2c3ncc(C)c(C)c3C(C)CCC(=O)[C@@H]2C1. The highest BCUT2D eigenvalue weighted by molar-refractivity contribution is 5.88. The van der Waals surface area contributed by atoms with Gasteiger partial charge in [-0.15, -0.1) is 0 Å². The standard InChI is InChI=1S/C17H25N3O2/c1-11-5-6-15(21)14-10-19(22-4)7-8-20(14)17-16(11)13(3)12(2)9-18-17/h9,11,14H,5-8,10H2,1-4H3/t11?,14-/m0/s1. The molecule has 0 spiro atoms. The maximum Gasteiger partial charge on any atom is 0.156 e. The van der Waals surface area contributed by atoms with E-state index in [1.807, 2.05) is 11.3 Å². The van der Waals surface area contributed by atoms with E-state index in [-0.39, 0.29) is 6.04 Å². The van der Waals surface area contributed by atoms with E-state index in [2.05, 4.69) is 25.7 Å². The second kappa shape index (κ2) is 5.97. The van der Waals surface area contributed by atoms with Gasteiger partial charge in [0, 0.05) is 31.3 Å². The number of aromatic nitrogens is 1. The van der Waals surface area contributed by atoms with Crippen molar-refractivity contribution >= 4 is 11.6 Å². The summed E-state index contributed by atoms with van der Waals surface area (Å²) in [5.74, 6) is 1.68. The van der Waals surface area contributed by atoms with Crippen LogP contribution in [0.4, 0.5) is 5.82 Å². The molecule has 0 radical (unpaired) electrons. The third kappa shape index (κ3) is 2.52. The molecule has 0 saturated carbocycles. The van der Waals surface area contributed by atoms with Crippen molar-refractivity contribution in [2.75, 3.05) is 31.6 Å². The van der Waals surface area contributed by atoms with Crippen LogP contribution in [-0.2, 0) is 9.63 Å². The van der Waals surface area contributed by atoms with E-state index in [0.29, 0.717) is 24.7 Å². The third-order valence-electron chi connectivity index (χ3n) is 5.18. The molecule has 5 heteroatoms. The number of Topliss-reactive ketones (excluding diaryl/α,β-unsaturated/α-hetero) is 1. The molecule has 2 atom stereocenters. The van der Waals surface area contributed by atoms with Crippen LogP contribution < -0.4 is 4.90 Å². The van der Waals surface area contributed by atoms with Crippen LogP contribution in [0, 0.1) is 13.8 Å². The van der Waals surface area contributed by atoms with E-state index in [1.54, 1.807) is 7.11 Å². The number of hydroxylamine groups is 2. The summed E-state index contributed by atoms with van der Waals surface area (Å²) in [5.41, 5.74) is 3.87. The van der Waals surface area contributed by atoms with Gasteiger partial charge in [0.1, 0.15) is 11.9 Å². The molecule has 3 rings (SSSR count). The van der Waals surface area contributed by atoms with Crippen molar-refractivity contribution in [1.29, 1.82) is 0 Å². The van der Waals surface area contributed by atoms with Crippen LogP contribution >= 0.6 is 0 Å². The van der Waals surface area contributed by atoms with E-state index < -0.39 is 0 Å². The van der Waals surface area contributed by atoms with Gasteiger partial charge in [-0.25, -0.2) is 4.98 Å². The smallest absolute Gasteiger partial charge is 0.156 e. The lowest BCUT2D eigenvalue weighted by Crippen LogP contribution is -2.57. The molecule has 0 bridgehead atoms. The van der Waals surface area contributed by atoms with Crippen molar-refractivity contribution in [2.24, 2.45) is 0 Å². The van der Waals surface area contributed by atoms with Crippen LogP contribution in [0.15, 0.2) is 6.20 Å². The van der Waals surface area contributed by atoms with E-state index in [9.17, 15) is 4.79 Å². The normalized spacial score (nSPS) is 26.2. The van der Waals surface area contributed by atoms with Gasteiger partial charge >= 0.3 is 0 Å². The number of hydrogen-bond acceptors (Lipinski definition) is 5. The summed E-state index contributed by atoms with van der Waals surface area (Å²) in [4.78, 5) is 24.9. The van der Waals surface area contributed by atoms with Crippen molar-refractivity contribution in [3.05, 3.63) is 22.9 Å². The molecule has 0 aliphatic carbocycles. The molecule has 5 nitrogen and oxygen atoms in total. The molecule has 1 saturated heterocycles. The lowest BCUT2D eigenvalue weighted by Gasteiger charge is -2.42. The van der Waals surface area contributed by atoms with Gasteiger partial charge in [-0.05, 0) is 37.3 Å². The number of pyridine rings is 1. The molecular formula is C17H25N3O2. The lowest BCUT2D eigenvalue weighted by atomic mass is 9.86. The Bertz CT molecular complexity index is 588. The Morgan fingerprint density at radius 3 is 2.82 bits per heavy atom. The average Bonchev–Trinajstić information content (AvgIpc) is 2.53. The zero-order valence-electron chi connectivity index (χ0n) is 13.9. The number of rotatable bonds is 1. The van der Waals surface area contributed by atoms with Crippen LogP contribution in [0.2, 0.25) is 0 Å². The highest BCUT2D eigenvalue weighted by atomic mass is 16.7. The number of nitrogens with zero attached hydrogens (tertiary/aromatic N) is 3. The fraction of sp³-hybridized carbons (Fsp3) is 0.647. The lowest BCUT2D eigenvalue weighted by molar-refractivity contribution is -0.148. The Morgan fingerprint density at radius 2 is 2.09 bits per heavy atom. The molecule has 1 aromatic heterocycles. The number of hydrogen-bond donors (Lipinski definition) is 0. The fourth-order valence-electron chi connectivity index (χ4n) is 3.65. The van der Waals surface area contributed by atoms with Crippen LogP contribution in [0.25, 0.3) is 0 Å². The van der Waals surface area contributed by atoms with Gasteiger partial charge in [-0.2, -0.15) is 5.06 Å². The van der Waals surface area contributed by atoms with Gasteiger partial charge in [-0.3, -0.25) is 4.79 Å². The molecule has 1 aromatic rings. The zero-order valence-corrected chi connectivity index (χ0v) is 13.9. The molecule has 2 aliphatic heterocycles. The largest absolute Gasteiger partial charge is 0.344 e. The Hall–Kier alpha value is -1.46. The zero-order chi connectivity index (χ0) is 15.9. The molecule has 3 heterocycles. The summed E-state index contributed by atoms with van der Waals surface area (Å²) in [6.07, 6.45) is 3.47. The molecule has 0 amide bonds. The van der Waals surface area contributed by atoms with Gasteiger partial charge in [0.25, 0.3) is 0 Å². The molecule has 120 valence electrons. The minimum Gasteiger partial charge on any atom is -0.344 e. The second-order valence-corrected chi connectivity index (χ2v) is 6.49. The predicted molar refractivity (Wildman–Crippen MR) is 86.1 cm³/mol. The van der Waals surface area contributed by atoms with Crippen LogP contribution in [0.1, 0.15) is 42.4 Å². The highest BCUT2D eigenvalue weighted by Crippen LogP contribution is 2.37. The minimum atomic E-state index is -0.144. The quantitative estimate of drug-likeness (QED) is 0.796. The van der Waals surface area contributed by atoms with Crippen LogP contribution in [0.3, 0.4) is 0 Å². The summed E-state index contributed by atoms with van der Waals surface area (Å²) in [6.45, 7) is 8.70. The second-order valence-electron chi connectivity index (χ2n) is 6.49. The van der Waals surface area contributed by atoms with Crippen molar-refractivity contribution in [1.82, 2.24) is 10.0 Å². The van der Waals surface area contributed by atoms with Crippen molar-refractivity contribution in [3.63, 3.8) is 0 Å². The number of ketones is 1. The first kappa shape index (κ1) is 15.4. The molecule has 1 unspecified atom stereocenters. The Kier molecular flexibility index (Phi) is 4.19. The third-order valence-corrected chi connectivity index (χ3v) is 5.18. The van der Waals surface area contributed by atoms with E-state index in [4.69, 9.17) is 9.82 Å². The first-order chi connectivity index (χ1) is 10.5. The average molecular weight is 303 g/mol. The van der Waals surface area contributed by atoms with Gasteiger partial charge in [0.2, 0.25) is 0 Å². The Labute approximate surface area is 132 Å². The number of piperazine rings is 1. The first-order valence-electron chi connectivity index (χ1n) is 8.07. The maximum absolute atomic E-state index is 12.6. The van der Waals surface area contributed by atoms with Crippen molar-refractivity contribution in [3.8, 4) is 0 Å². The number of aryl methyl sites for hydroxylation is 1. The highest BCUT2D eigenvalue weighted by Gasteiger charge is 2.37. The number of carbonyl (C=O) groups excluding carboxylic acids is 1. The predicted octanol–water partition coefficient (Wildman–Crippen LogP) is 2.22. The summed E-state index contributed by atoms with van der Waals surface area (Å²) < 4.78 is 0. The molecule has 0 N–H and O–H groups in total. The summed E-state index contributed by atoms with van der Waals surface area (Å²) >= 11 is 0. The summed E-state index contributed by atoms with van der Waals surface area (Å²) in [7, 11) is 1.67. The van der Waals surface area contributed by atoms with Gasteiger partial charge < -0.3 is 9.74 Å². The van der Waals surface area contributed by atoms with E-state index in [1.165, 1.54) is 16.7 Å². The maximum atomic E-state index is 12.6. The van der Waals surface area contributed by atoms with Crippen molar-refractivity contribution in [2.45, 2.75) is 45.6 Å². The molecule has 2 aliphatic rings. The fourth-order valence-corrected chi connectivity index (χ4v) is 3.65.